The molecule has 8 heteroatoms. The van der Waals surface area contributed by atoms with Crippen LogP contribution in [-0.2, 0) is 14.3 Å². The zero-order valence-corrected chi connectivity index (χ0v) is 16.3. The van der Waals surface area contributed by atoms with E-state index in [9.17, 15) is 9.59 Å². The maximum Gasteiger partial charge on any atom is 0.351 e. The molecule has 1 saturated carbocycles. The Labute approximate surface area is 157 Å². The summed E-state index contributed by atoms with van der Waals surface area (Å²) in [5, 5.41) is 0. The first-order valence-corrected chi connectivity index (χ1v) is 10.2. The van der Waals surface area contributed by atoms with Crippen molar-refractivity contribution >= 4 is 23.5 Å². The van der Waals surface area contributed by atoms with E-state index in [1.807, 2.05) is 0 Å². The molecule has 0 aromatic carbocycles. The summed E-state index contributed by atoms with van der Waals surface area (Å²) >= 11 is 1.35. The second-order valence-electron chi connectivity index (χ2n) is 7.60. The van der Waals surface area contributed by atoms with Crippen molar-refractivity contribution in [2.45, 2.75) is 57.8 Å². The number of carbonyl (C=O) groups is 1. The number of nitrogens with zero attached hydrogens (tertiary/aromatic N) is 2. The van der Waals surface area contributed by atoms with Crippen LogP contribution >= 0.6 is 11.8 Å². The minimum Gasteiger partial charge on any atom is -0.459 e. The molecule has 0 bridgehead atoms. The van der Waals surface area contributed by atoms with Crippen molar-refractivity contribution in [1.29, 1.82) is 0 Å². The summed E-state index contributed by atoms with van der Waals surface area (Å²) < 4.78 is 13.0. The van der Waals surface area contributed by atoms with Crippen molar-refractivity contribution in [2.75, 3.05) is 11.5 Å². The highest BCUT2D eigenvalue weighted by atomic mass is 32.2. The lowest BCUT2D eigenvalue weighted by molar-refractivity contribution is -0.166. The largest absolute Gasteiger partial charge is 0.459 e. The van der Waals surface area contributed by atoms with Crippen molar-refractivity contribution in [3.63, 3.8) is 0 Å². The van der Waals surface area contributed by atoms with Gasteiger partial charge in [0.1, 0.15) is 18.1 Å². The molecule has 3 rings (SSSR count). The van der Waals surface area contributed by atoms with Crippen LogP contribution in [0.15, 0.2) is 17.1 Å². The number of nitrogens with two attached hydrogens (primary N) is 1. The highest BCUT2D eigenvalue weighted by Gasteiger charge is 2.38. The summed E-state index contributed by atoms with van der Waals surface area (Å²) in [4.78, 5) is 28.3. The molecular formula is C18H27N3O4S. The Kier molecular flexibility index (Phi) is 5.92. The number of hydrogen-bond donors (Lipinski definition) is 1. The maximum absolute atomic E-state index is 12.6. The van der Waals surface area contributed by atoms with E-state index >= 15 is 0 Å². The van der Waals surface area contributed by atoms with E-state index in [-0.39, 0.29) is 17.9 Å². The molecule has 2 fully saturated rings. The smallest absolute Gasteiger partial charge is 0.351 e. The first kappa shape index (κ1) is 19.2. The number of hydrogen-bond acceptors (Lipinski definition) is 7. The molecule has 26 heavy (non-hydrogen) atoms. The summed E-state index contributed by atoms with van der Waals surface area (Å²) in [5.41, 5.74) is 4.32. The van der Waals surface area contributed by atoms with Crippen LogP contribution in [0.3, 0.4) is 0 Å². The predicted molar refractivity (Wildman–Crippen MR) is 101 cm³/mol. The summed E-state index contributed by atoms with van der Waals surface area (Å²) in [6.45, 7) is 6.56. The Morgan fingerprint density at radius 2 is 2.23 bits per heavy atom. The van der Waals surface area contributed by atoms with Gasteiger partial charge in [-0.3, -0.25) is 4.57 Å². The van der Waals surface area contributed by atoms with Gasteiger partial charge in [0.2, 0.25) is 5.44 Å². The van der Waals surface area contributed by atoms with E-state index in [0.717, 1.165) is 12.8 Å². The monoisotopic (exact) mass is 381 g/mol. The van der Waals surface area contributed by atoms with Crippen LogP contribution in [0.4, 0.5) is 5.82 Å². The number of rotatable bonds is 4. The van der Waals surface area contributed by atoms with Gasteiger partial charge >= 0.3 is 11.7 Å². The summed E-state index contributed by atoms with van der Waals surface area (Å²) in [6.07, 6.45) is 4.11. The lowest BCUT2D eigenvalue weighted by Gasteiger charge is -2.37. The molecule has 2 N–H and O–H groups in total. The Morgan fingerprint density at radius 1 is 1.46 bits per heavy atom. The number of thioether (sulfide) groups is 1. The topological polar surface area (TPSA) is 96.4 Å². The fraction of sp³-hybridized carbons (Fsp3) is 0.722. The van der Waals surface area contributed by atoms with Gasteiger partial charge < -0.3 is 15.2 Å². The Morgan fingerprint density at radius 3 is 2.92 bits per heavy atom. The minimum absolute atomic E-state index is 0.0598. The second-order valence-corrected chi connectivity index (χ2v) is 8.69. The quantitative estimate of drug-likeness (QED) is 0.800. The third kappa shape index (κ3) is 4.23. The third-order valence-corrected chi connectivity index (χ3v) is 6.34. The van der Waals surface area contributed by atoms with E-state index in [4.69, 9.17) is 15.2 Å². The Hall–Kier alpha value is -1.54. The van der Waals surface area contributed by atoms with Gasteiger partial charge in [-0.2, -0.15) is 4.98 Å². The zero-order valence-electron chi connectivity index (χ0n) is 15.5. The second kappa shape index (κ2) is 8.00. The maximum atomic E-state index is 12.6. The summed E-state index contributed by atoms with van der Waals surface area (Å²) in [7, 11) is 0. The van der Waals surface area contributed by atoms with E-state index in [1.54, 1.807) is 6.20 Å². The number of ether oxygens (including phenoxy) is 2. The van der Waals surface area contributed by atoms with Crippen molar-refractivity contribution in [2.24, 2.45) is 17.8 Å². The normalized spacial score (nSPS) is 31.9. The predicted octanol–water partition coefficient (Wildman–Crippen LogP) is 2.42. The van der Waals surface area contributed by atoms with Crippen molar-refractivity contribution in [3.05, 3.63) is 22.7 Å². The number of esters is 1. The molecule has 1 aliphatic heterocycles. The first-order valence-electron chi connectivity index (χ1n) is 9.17. The molecule has 7 nitrogen and oxygen atoms in total. The van der Waals surface area contributed by atoms with Gasteiger partial charge in [0.15, 0.2) is 0 Å². The number of aromatic nitrogens is 2. The summed E-state index contributed by atoms with van der Waals surface area (Å²) in [5.74, 6) is 1.73. The molecule has 1 aliphatic carbocycles. The molecule has 144 valence electrons. The highest BCUT2D eigenvalue weighted by Crippen LogP contribution is 2.37. The fourth-order valence-corrected chi connectivity index (χ4v) is 4.74. The number of carbonyl (C=O) groups excluding carboxylic acids is 1. The van der Waals surface area contributed by atoms with Crippen LogP contribution in [0, 0.1) is 17.8 Å². The highest BCUT2D eigenvalue weighted by molar-refractivity contribution is 8.00. The van der Waals surface area contributed by atoms with Gasteiger partial charge in [0, 0.05) is 11.9 Å². The van der Waals surface area contributed by atoms with Crippen molar-refractivity contribution in [3.8, 4) is 0 Å². The van der Waals surface area contributed by atoms with E-state index < -0.39 is 17.4 Å². The zero-order chi connectivity index (χ0) is 18.8. The Bertz CT molecular complexity index is 708. The molecular weight excluding hydrogens is 354 g/mol. The first-order chi connectivity index (χ1) is 12.3. The SMILES string of the molecule is CC(C)[C@@H]1CC[C@@H](C)C[C@H]1OC(=O)[C@@H]1O[C@H](n2ccc(N)nc2=O)CS1. The van der Waals surface area contributed by atoms with Crippen LogP contribution in [-0.4, -0.2) is 32.8 Å². The van der Waals surface area contributed by atoms with E-state index in [0.29, 0.717) is 23.5 Å². The van der Waals surface area contributed by atoms with Crippen molar-refractivity contribution in [1.82, 2.24) is 9.55 Å². The van der Waals surface area contributed by atoms with Gasteiger partial charge in [0.25, 0.3) is 0 Å². The van der Waals surface area contributed by atoms with Crippen LogP contribution in [0.2, 0.25) is 0 Å². The molecule has 0 amide bonds. The number of nitrogen functional groups attached to an aromatic ring is 1. The van der Waals surface area contributed by atoms with Crippen LogP contribution in [0.5, 0.6) is 0 Å². The molecule has 0 radical (unpaired) electrons. The van der Waals surface area contributed by atoms with Gasteiger partial charge in [-0.25, -0.2) is 9.59 Å². The standard InChI is InChI=1S/C18H27N3O4S/c1-10(2)12-5-4-11(3)8-13(12)24-16(22)17-25-15(9-26-17)21-7-6-14(19)20-18(21)23/h6-7,10-13,15,17H,4-5,8-9H2,1-3H3,(H2,19,20,23)/t11-,12+,13-,15+,17-/m1/s1. The van der Waals surface area contributed by atoms with Gasteiger partial charge in [0.05, 0.1) is 0 Å². The minimum atomic E-state index is -0.713. The molecule has 1 saturated heterocycles. The van der Waals surface area contributed by atoms with Crippen LogP contribution < -0.4 is 11.4 Å². The fourth-order valence-electron chi connectivity index (χ4n) is 3.76. The molecule has 0 unspecified atom stereocenters. The lowest BCUT2D eigenvalue weighted by Crippen LogP contribution is -2.38. The average molecular weight is 381 g/mol. The van der Waals surface area contributed by atoms with Gasteiger partial charge in [-0.1, -0.05) is 27.2 Å². The Balaban J connectivity index is 1.63. The van der Waals surface area contributed by atoms with Gasteiger partial charge in [-0.15, -0.1) is 11.8 Å². The van der Waals surface area contributed by atoms with E-state index in [1.165, 1.54) is 28.8 Å². The molecule has 2 aliphatic rings. The van der Waals surface area contributed by atoms with Gasteiger partial charge in [-0.05, 0) is 36.7 Å². The molecule has 1 aromatic rings. The van der Waals surface area contributed by atoms with Crippen LogP contribution in [0.1, 0.15) is 46.3 Å². The molecule has 0 spiro atoms. The van der Waals surface area contributed by atoms with Crippen LogP contribution in [0.25, 0.3) is 0 Å². The lowest BCUT2D eigenvalue weighted by atomic mass is 9.75. The third-order valence-electron chi connectivity index (χ3n) is 5.25. The molecule has 5 atom stereocenters. The molecule has 2 heterocycles. The molecule has 1 aromatic heterocycles. The summed E-state index contributed by atoms with van der Waals surface area (Å²) in [6, 6.07) is 1.54. The average Bonchev–Trinajstić information content (AvgIpc) is 3.04. The van der Waals surface area contributed by atoms with Crippen molar-refractivity contribution < 1.29 is 14.3 Å². The van der Waals surface area contributed by atoms with E-state index in [2.05, 4.69) is 25.8 Å². The number of anilines is 1.